The number of nitrogens with zero attached hydrogens (tertiary/aromatic N) is 2. The highest BCUT2D eigenvalue weighted by Crippen LogP contribution is 2.38. The first-order chi connectivity index (χ1) is 12.2. The van der Waals surface area contributed by atoms with Gasteiger partial charge < -0.3 is 19.7 Å². The summed E-state index contributed by atoms with van der Waals surface area (Å²) < 4.78 is 11.5. The van der Waals surface area contributed by atoms with Crippen molar-refractivity contribution in [3.05, 3.63) is 35.9 Å². The molecule has 0 aliphatic carbocycles. The van der Waals surface area contributed by atoms with Crippen LogP contribution in [-0.2, 0) is 16.1 Å². The lowest BCUT2D eigenvalue weighted by Crippen LogP contribution is -2.43. The van der Waals surface area contributed by atoms with E-state index in [1.807, 2.05) is 25.2 Å². The van der Waals surface area contributed by atoms with Crippen molar-refractivity contribution in [2.24, 2.45) is 16.3 Å². The monoisotopic (exact) mass is 345 g/mol. The van der Waals surface area contributed by atoms with Crippen molar-refractivity contribution >= 4 is 5.96 Å². The third-order valence-electron chi connectivity index (χ3n) is 5.26. The maximum Gasteiger partial charge on any atom is 0.193 e. The lowest BCUT2D eigenvalue weighted by molar-refractivity contribution is 0.0929. The lowest BCUT2D eigenvalue weighted by Gasteiger charge is -2.25. The van der Waals surface area contributed by atoms with Gasteiger partial charge in [0.1, 0.15) is 0 Å². The molecule has 2 saturated heterocycles. The molecule has 1 N–H and O–H groups in total. The van der Waals surface area contributed by atoms with Crippen molar-refractivity contribution in [2.75, 3.05) is 46.5 Å². The minimum atomic E-state index is 0.363. The SMILES string of the molecule is CN=C(NCC(C)COCc1ccccc1)N1CCC2(CCOC2)C1. The van der Waals surface area contributed by atoms with Crippen LogP contribution in [-0.4, -0.2) is 57.4 Å². The van der Waals surface area contributed by atoms with E-state index in [2.05, 4.69) is 34.3 Å². The molecule has 2 unspecified atom stereocenters. The molecule has 3 rings (SSSR count). The number of ether oxygens (including phenoxy) is 2. The Bertz CT molecular complexity index is 555. The summed E-state index contributed by atoms with van der Waals surface area (Å²) in [6.07, 6.45) is 2.40. The van der Waals surface area contributed by atoms with Gasteiger partial charge in [-0.3, -0.25) is 4.99 Å². The van der Waals surface area contributed by atoms with E-state index in [1.165, 1.54) is 18.4 Å². The van der Waals surface area contributed by atoms with Crippen LogP contribution >= 0.6 is 0 Å². The number of likely N-dealkylation sites (tertiary alicyclic amines) is 1. The lowest BCUT2D eigenvalue weighted by atomic mass is 9.87. The van der Waals surface area contributed by atoms with Gasteiger partial charge in [0.15, 0.2) is 5.96 Å². The van der Waals surface area contributed by atoms with Crippen molar-refractivity contribution in [1.82, 2.24) is 10.2 Å². The third kappa shape index (κ3) is 4.95. The van der Waals surface area contributed by atoms with Crippen LogP contribution in [0.15, 0.2) is 35.3 Å². The zero-order valence-corrected chi connectivity index (χ0v) is 15.5. The number of rotatable bonds is 6. The van der Waals surface area contributed by atoms with Crippen molar-refractivity contribution in [3.63, 3.8) is 0 Å². The van der Waals surface area contributed by atoms with Crippen LogP contribution in [0.3, 0.4) is 0 Å². The molecule has 5 heteroatoms. The van der Waals surface area contributed by atoms with E-state index in [1.54, 1.807) is 0 Å². The number of hydrogen-bond donors (Lipinski definition) is 1. The van der Waals surface area contributed by atoms with E-state index < -0.39 is 0 Å². The normalized spacial score (nSPS) is 24.9. The Kier molecular flexibility index (Phi) is 6.32. The average molecular weight is 345 g/mol. The number of guanidine groups is 1. The molecule has 0 aromatic heterocycles. The molecule has 0 radical (unpaired) electrons. The topological polar surface area (TPSA) is 46.1 Å². The molecule has 2 fully saturated rings. The van der Waals surface area contributed by atoms with Crippen molar-refractivity contribution in [2.45, 2.75) is 26.4 Å². The minimum absolute atomic E-state index is 0.363. The van der Waals surface area contributed by atoms with Crippen molar-refractivity contribution in [3.8, 4) is 0 Å². The van der Waals surface area contributed by atoms with Crippen LogP contribution in [0.4, 0.5) is 0 Å². The van der Waals surface area contributed by atoms with Gasteiger partial charge in [-0.25, -0.2) is 0 Å². The summed E-state index contributed by atoms with van der Waals surface area (Å²) in [5.41, 5.74) is 1.58. The van der Waals surface area contributed by atoms with Gasteiger partial charge in [-0.05, 0) is 24.3 Å². The third-order valence-corrected chi connectivity index (χ3v) is 5.26. The number of benzene rings is 1. The van der Waals surface area contributed by atoms with Gasteiger partial charge in [0.25, 0.3) is 0 Å². The van der Waals surface area contributed by atoms with Crippen LogP contribution in [0.25, 0.3) is 0 Å². The maximum absolute atomic E-state index is 5.84. The second-order valence-corrected chi connectivity index (χ2v) is 7.51. The summed E-state index contributed by atoms with van der Waals surface area (Å²) in [6, 6.07) is 10.3. The summed E-state index contributed by atoms with van der Waals surface area (Å²) in [5.74, 6) is 1.45. The molecule has 2 heterocycles. The maximum atomic E-state index is 5.84. The first-order valence-electron chi connectivity index (χ1n) is 9.36. The second-order valence-electron chi connectivity index (χ2n) is 7.51. The second kappa shape index (κ2) is 8.68. The number of aliphatic imine (C=N–C) groups is 1. The number of nitrogens with one attached hydrogen (secondary N) is 1. The summed E-state index contributed by atoms with van der Waals surface area (Å²) in [7, 11) is 1.87. The molecule has 1 aromatic carbocycles. The van der Waals surface area contributed by atoms with Crippen LogP contribution in [0.2, 0.25) is 0 Å². The Morgan fingerprint density at radius 3 is 2.92 bits per heavy atom. The van der Waals surface area contributed by atoms with Crippen LogP contribution in [0.5, 0.6) is 0 Å². The van der Waals surface area contributed by atoms with Gasteiger partial charge in [0.2, 0.25) is 0 Å². The molecule has 138 valence electrons. The van der Waals surface area contributed by atoms with Gasteiger partial charge in [0.05, 0.1) is 19.8 Å². The smallest absolute Gasteiger partial charge is 0.193 e. The van der Waals surface area contributed by atoms with Crippen LogP contribution in [0, 0.1) is 11.3 Å². The zero-order valence-electron chi connectivity index (χ0n) is 15.5. The molecular formula is C20H31N3O2. The molecule has 5 nitrogen and oxygen atoms in total. The fourth-order valence-electron chi connectivity index (χ4n) is 3.70. The molecule has 1 spiro atoms. The highest BCUT2D eigenvalue weighted by Gasteiger charge is 2.42. The van der Waals surface area contributed by atoms with Crippen molar-refractivity contribution in [1.29, 1.82) is 0 Å². The summed E-state index contributed by atoms with van der Waals surface area (Å²) >= 11 is 0. The van der Waals surface area contributed by atoms with E-state index in [0.717, 1.165) is 45.4 Å². The Hall–Kier alpha value is -1.59. The quantitative estimate of drug-likeness (QED) is 0.636. The molecule has 2 aliphatic heterocycles. The Morgan fingerprint density at radius 1 is 1.36 bits per heavy atom. The predicted octanol–water partition coefficient (Wildman–Crippen LogP) is 2.53. The van der Waals surface area contributed by atoms with Gasteiger partial charge in [-0.15, -0.1) is 0 Å². The van der Waals surface area contributed by atoms with Crippen LogP contribution in [0.1, 0.15) is 25.3 Å². The fraction of sp³-hybridized carbons (Fsp3) is 0.650. The van der Waals surface area contributed by atoms with E-state index in [-0.39, 0.29) is 0 Å². The van der Waals surface area contributed by atoms with Gasteiger partial charge >= 0.3 is 0 Å². The van der Waals surface area contributed by atoms with Gasteiger partial charge in [-0.1, -0.05) is 37.3 Å². The largest absolute Gasteiger partial charge is 0.381 e. The molecule has 0 saturated carbocycles. The van der Waals surface area contributed by atoms with E-state index in [9.17, 15) is 0 Å². The molecular weight excluding hydrogens is 314 g/mol. The Balaban J connectivity index is 1.37. The molecule has 2 atom stereocenters. The average Bonchev–Trinajstić information content (AvgIpc) is 3.27. The highest BCUT2D eigenvalue weighted by molar-refractivity contribution is 5.80. The zero-order chi connectivity index (χ0) is 17.5. The Labute approximate surface area is 151 Å². The predicted molar refractivity (Wildman–Crippen MR) is 101 cm³/mol. The molecule has 0 bridgehead atoms. The summed E-state index contributed by atoms with van der Waals surface area (Å²) in [5, 5.41) is 3.52. The van der Waals surface area contributed by atoms with E-state index in [0.29, 0.717) is 17.9 Å². The fourth-order valence-corrected chi connectivity index (χ4v) is 3.70. The molecule has 1 aromatic rings. The summed E-state index contributed by atoms with van der Waals surface area (Å²) in [4.78, 5) is 6.86. The Morgan fingerprint density at radius 2 is 2.20 bits per heavy atom. The first-order valence-corrected chi connectivity index (χ1v) is 9.36. The summed E-state index contributed by atoms with van der Waals surface area (Å²) in [6.45, 7) is 8.46. The molecule has 0 amide bonds. The standard InChI is InChI=1S/C20H31N3O2/c1-17(13-25-14-18-6-4-3-5-7-18)12-22-19(21-2)23-10-8-20(15-23)9-11-24-16-20/h3-7,17H,8-16H2,1-2H3,(H,21,22). The molecule has 25 heavy (non-hydrogen) atoms. The van der Waals surface area contributed by atoms with E-state index in [4.69, 9.17) is 9.47 Å². The molecule has 2 aliphatic rings. The van der Waals surface area contributed by atoms with Gasteiger partial charge in [-0.2, -0.15) is 0 Å². The minimum Gasteiger partial charge on any atom is -0.381 e. The number of hydrogen-bond acceptors (Lipinski definition) is 3. The highest BCUT2D eigenvalue weighted by atomic mass is 16.5. The van der Waals surface area contributed by atoms with E-state index >= 15 is 0 Å². The van der Waals surface area contributed by atoms with Crippen molar-refractivity contribution < 1.29 is 9.47 Å². The van der Waals surface area contributed by atoms with Crippen LogP contribution < -0.4 is 5.32 Å². The first kappa shape index (κ1) is 18.2. The van der Waals surface area contributed by atoms with Gasteiger partial charge in [0, 0.05) is 38.7 Å².